The summed E-state index contributed by atoms with van der Waals surface area (Å²) in [6.07, 6.45) is 0. The Balaban J connectivity index is 2.47. The number of nitrogens with zero attached hydrogens (tertiary/aromatic N) is 1. The second-order valence-electron chi connectivity index (χ2n) is 3.30. The molecule has 0 radical (unpaired) electrons. The van der Waals surface area contributed by atoms with Gasteiger partial charge in [0, 0.05) is 20.1 Å². The first kappa shape index (κ1) is 12.4. The van der Waals surface area contributed by atoms with Crippen molar-refractivity contribution in [2.45, 2.75) is 13.5 Å². The van der Waals surface area contributed by atoms with Crippen molar-refractivity contribution in [2.75, 3.05) is 20.7 Å². The van der Waals surface area contributed by atoms with E-state index in [1.54, 1.807) is 14.2 Å². The van der Waals surface area contributed by atoms with Crippen LogP contribution in [0.5, 0.6) is 5.75 Å². The summed E-state index contributed by atoms with van der Waals surface area (Å²) in [7, 11) is 3.43. The zero-order valence-corrected chi connectivity index (χ0v) is 10.1. The zero-order valence-electron chi connectivity index (χ0n) is 10.1. The summed E-state index contributed by atoms with van der Waals surface area (Å²) >= 11 is 0. The van der Waals surface area contributed by atoms with E-state index in [0.717, 1.165) is 24.8 Å². The average Bonchev–Trinajstić information content (AvgIpc) is 2.35. The van der Waals surface area contributed by atoms with Crippen molar-refractivity contribution in [2.24, 2.45) is 4.99 Å². The van der Waals surface area contributed by atoms with Gasteiger partial charge in [0.25, 0.3) is 0 Å². The average molecular weight is 221 g/mol. The molecule has 16 heavy (non-hydrogen) atoms. The number of benzene rings is 1. The summed E-state index contributed by atoms with van der Waals surface area (Å²) in [4.78, 5) is 4.10. The SMILES string of the molecule is CCNC(=NC)NCc1ccc(OC)cc1. The Bertz CT molecular complexity index is 333. The molecule has 4 heteroatoms. The fraction of sp³-hybridized carbons (Fsp3) is 0.417. The van der Waals surface area contributed by atoms with Crippen molar-refractivity contribution in [3.63, 3.8) is 0 Å². The summed E-state index contributed by atoms with van der Waals surface area (Å²) in [5, 5.41) is 6.36. The second-order valence-corrected chi connectivity index (χ2v) is 3.30. The molecule has 4 nitrogen and oxygen atoms in total. The summed E-state index contributed by atoms with van der Waals surface area (Å²) in [6.45, 7) is 3.66. The van der Waals surface area contributed by atoms with Gasteiger partial charge in [-0.05, 0) is 24.6 Å². The monoisotopic (exact) mass is 221 g/mol. The molecule has 0 aromatic heterocycles. The topological polar surface area (TPSA) is 45.7 Å². The van der Waals surface area contributed by atoms with Gasteiger partial charge in [0.05, 0.1) is 7.11 Å². The number of aliphatic imine (C=N–C) groups is 1. The number of guanidine groups is 1. The van der Waals surface area contributed by atoms with Gasteiger partial charge in [-0.15, -0.1) is 0 Å². The van der Waals surface area contributed by atoms with Crippen LogP contribution >= 0.6 is 0 Å². The quantitative estimate of drug-likeness (QED) is 0.596. The van der Waals surface area contributed by atoms with Crippen LogP contribution in [0.1, 0.15) is 12.5 Å². The molecule has 0 unspecified atom stereocenters. The van der Waals surface area contributed by atoms with E-state index in [-0.39, 0.29) is 0 Å². The molecule has 1 aromatic carbocycles. The molecule has 0 heterocycles. The Morgan fingerprint density at radius 2 is 1.94 bits per heavy atom. The molecular formula is C12H19N3O. The molecule has 0 amide bonds. The van der Waals surface area contributed by atoms with E-state index in [0.29, 0.717) is 0 Å². The molecule has 0 aliphatic carbocycles. The summed E-state index contributed by atoms with van der Waals surface area (Å²) in [6, 6.07) is 7.97. The second kappa shape index (κ2) is 6.71. The summed E-state index contributed by atoms with van der Waals surface area (Å²) in [5.41, 5.74) is 1.19. The molecule has 0 saturated carbocycles. The van der Waals surface area contributed by atoms with E-state index in [1.165, 1.54) is 5.56 Å². The fourth-order valence-corrected chi connectivity index (χ4v) is 1.32. The van der Waals surface area contributed by atoms with Crippen LogP contribution in [0.4, 0.5) is 0 Å². The molecular weight excluding hydrogens is 202 g/mol. The Labute approximate surface area is 96.7 Å². The maximum absolute atomic E-state index is 5.10. The summed E-state index contributed by atoms with van der Waals surface area (Å²) < 4.78 is 5.10. The van der Waals surface area contributed by atoms with Crippen molar-refractivity contribution in [1.29, 1.82) is 0 Å². The molecule has 0 spiro atoms. The molecule has 0 aliphatic rings. The van der Waals surface area contributed by atoms with Gasteiger partial charge in [0.1, 0.15) is 5.75 Å². The fourth-order valence-electron chi connectivity index (χ4n) is 1.32. The van der Waals surface area contributed by atoms with Gasteiger partial charge in [-0.25, -0.2) is 0 Å². The van der Waals surface area contributed by atoms with Gasteiger partial charge in [-0.3, -0.25) is 4.99 Å². The van der Waals surface area contributed by atoms with E-state index in [2.05, 4.69) is 15.6 Å². The number of rotatable bonds is 4. The largest absolute Gasteiger partial charge is 0.497 e. The maximum atomic E-state index is 5.10. The molecule has 0 aliphatic heterocycles. The van der Waals surface area contributed by atoms with Gasteiger partial charge >= 0.3 is 0 Å². The minimum absolute atomic E-state index is 0.754. The first-order chi connectivity index (χ1) is 7.80. The van der Waals surface area contributed by atoms with Crippen molar-refractivity contribution in [3.05, 3.63) is 29.8 Å². The molecule has 0 saturated heterocycles. The Kier molecular flexibility index (Phi) is 5.19. The van der Waals surface area contributed by atoms with Gasteiger partial charge < -0.3 is 15.4 Å². The standard InChI is InChI=1S/C12H19N3O/c1-4-14-12(13-2)15-9-10-5-7-11(16-3)8-6-10/h5-8H,4,9H2,1-3H3,(H2,13,14,15). The van der Waals surface area contributed by atoms with Crippen molar-refractivity contribution >= 4 is 5.96 Å². The molecule has 1 aromatic rings. The van der Waals surface area contributed by atoms with Gasteiger partial charge in [0.2, 0.25) is 0 Å². The van der Waals surface area contributed by atoms with Crippen LogP contribution in [0.25, 0.3) is 0 Å². The molecule has 2 N–H and O–H groups in total. The first-order valence-corrected chi connectivity index (χ1v) is 5.37. The molecule has 0 atom stereocenters. The van der Waals surface area contributed by atoms with Gasteiger partial charge in [0.15, 0.2) is 5.96 Å². The third-order valence-electron chi connectivity index (χ3n) is 2.19. The predicted molar refractivity (Wildman–Crippen MR) is 66.9 cm³/mol. The third kappa shape index (κ3) is 3.81. The first-order valence-electron chi connectivity index (χ1n) is 5.37. The lowest BCUT2D eigenvalue weighted by Crippen LogP contribution is -2.36. The van der Waals surface area contributed by atoms with E-state index in [4.69, 9.17) is 4.74 Å². The van der Waals surface area contributed by atoms with Crippen molar-refractivity contribution < 1.29 is 4.74 Å². The molecule has 1 rings (SSSR count). The number of methoxy groups -OCH3 is 1. The summed E-state index contributed by atoms with van der Waals surface area (Å²) in [5.74, 6) is 1.69. The van der Waals surface area contributed by atoms with Crippen LogP contribution in [0.2, 0.25) is 0 Å². The highest BCUT2D eigenvalue weighted by Crippen LogP contribution is 2.10. The Hall–Kier alpha value is -1.71. The van der Waals surface area contributed by atoms with Gasteiger partial charge in [-0.2, -0.15) is 0 Å². The van der Waals surface area contributed by atoms with Crippen molar-refractivity contribution in [3.8, 4) is 5.75 Å². The molecule has 88 valence electrons. The predicted octanol–water partition coefficient (Wildman–Crippen LogP) is 1.38. The molecule has 0 fully saturated rings. The minimum Gasteiger partial charge on any atom is -0.497 e. The highest BCUT2D eigenvalue weighted by molar-refractivity contribution is 5.79. The van der Waals surface area contributed by atoms with E-state index < -0.39 is 0 Å². The number of nitrogens with one attached hydrogen (secondary N) is 2. The van der Waals surface area contributed by atoms with Crippen LogP contribution in [0.15, 0.2) is 29.3 Å². The smallest absolute Gasteiger partial charge is 0.191 e. The highest BCUT2D eigenvalue weighted by atomic mass is 16.5. The maximum Gasteiger partial charge on any atom is 0.191 e. The van der Waals surface area contributed by atoms with Crippen LogP contribution in [-0.2, 0) is 6.54 Å². The Morgan fingerprint density at radius 1 is 1.25 bits per heavy atom. The van der Waals surface area contributed by atoms with Crippen LogP contribution < -0.4 is 15.4 Å². The van der Waals surface area contributed by atoms with Crippen LogP contribution in [0.3, 0.4) is 0 Å². The molecule has 0 bridgehead atoms. The lowest BCUT2D eigenvalue weighted by Gasteiger charge is -2.10. The van der Waals surface area contributed by atoms with E-state index in [9.17, 15) is 0 Å². The third-order valence-corrected chi connectivity index (χ3v) is 2.19. The van der Waals surface area contributed by atoms with Crippen molar-refractivity contribution in [1.82, 2.24) is 10.6 Å². The van der Waals surface area contributed by atoms with Crippen LogP contribution in [-0.4, -0.2) is 26.7 Å². The Morgan fingerprint density at radius 3 is 2.44 bits per heavy atom. The number of ether oxygens (including phenoxy) is 1. The minimum atomic E-state index is 0.754. The van der Waals surface area contributed by atoms with Gasteiger partial charge in [-0.1, -0.05) is 12.1 Å². The number of hydrogen-bond donors (Lipinski definition) is 2. The van der Waals surface area contributed by atoms with E-state index >= 15 is 0 Å². The van der Waals surface area contributed by atoms with Crippen LogP contribution in [0, 0.1) is 0 Å². The zero-order chi connectivity index (χ0) is 11.8. The van der Waals surface area contributed by atoms with E-state index in [1.807, 2.05) is 31.2 Å². The lowest BCUT2D eigenvalue weighted by molar-refractivity contribution is 0.414. The number of hydrogen-bond acceptors (Lipinski definition) is 2. The normalized spacial score (nSPS) is 11.1. The highest BCUT2D eigenvalue weighted by Gasteiger charge is 1.97. The lowest BCUT2D eigenvalue weighted by atomic mass is 10.2.